The summed E-state index contributed by atoms with van der Waals surface area (Å²) in [5.41, 5.74) is 4.23. The van der Waals surface area contributed by atoms with E-state index in [1.807, 2.05) is 11.8 Å². The van der Waals surface area contributed by atoms with Crippen LogP contribution in [0.3, 0.4) is 0 Å². The molecule has 0 amide bonds. The number of piperidine rings is 1. The molecule has 2 aliphatic rings. The van der Waals surface area contributed by atoms with Gasteiger partial charge in [0.15, 0.2) is 0 Å². The van der Waals surface area contributed by atoms with Crippen LogP contribution >= 0.6 is 24.2 Å². The maximum Gasteiger partial charge on any atom is 0.346 e. The van der Waals surface area contributed by atoms with Gasteiger partial charge < -0.3 is 10.4 Å². The zero-order valence-electron chi connectivity index (χ0n) is 19.3. The van der Waals surface area contributed by atoms with Gasteiger partial charge in [0.25, 0.3) is 0 Å². The Morgan fingerprint density at radius 3 is 2.00 bits per heavy atom. The molecule has 0 saturated carbocycles. The van der Waals surface area contributed by atoms with Gasteiger partial charge >= 0.3 is 5.69 Å². The summed E-state index contributed by atoms with van der Waals surface area (Å²) in [7, 11) is 0. The molecule has 2 aliphatic heterocycles. The molecule has 3 aromatic rings. The van der Waals surface area contributed by atoms with Gasteiger partial charge in [0, 0.05) is 31.9 Å². The van der Waals surface area contributed by atoms with E-state index in [9.17, 15) is 13.6 Å². The fourth-order valence-electron chi connectivity index (χ4n) is 4.62. The van der Waals surface area contributed by atoms with Gasteiger partial charge in [0.05, 0.1) is 12.3 Å². The number of fused-ring (bicyclic) bond motifs is 1. The second kappa shape index (κ2) is 12.0. The Morgan fingerprint density at radius 2 is 1.46 bits per heavy atom. The molecule has 1 fully saturated rings. The van der Waals surface area contributed by atoms with Crippen molar-refractivity contribution in [1.29, 1.82) is 0 Å². The number of thioether (sulfide) groups is 1. The molecular weight excluding hydrogens is 494 g/mol. The SMILES string of the molecule is Cl.O.O=c1n(CCN2CCC(=C(c3ccc(F)cc3)c3ccc(F)cc3)CC2)nc2n1CCSC2. The van der Waals surface area contributed by atoms with Gasteiger partial charge in [-0.25, -0.2) is 18.3 Å². The molecule has 3 heterocycles. The Labute approximate surface area is 213 Å². The van der Waals surface area contributed by atoms with Gasteiger partial charge in [-0.3, -0.25) is 4.57 Å². The van der Waals surface area contributed by atoms with E-state index in [1.165, 1.54) is 29.8 Å². The standard InChI is InChI=1S/C25H26F2N4OS.ClH.H2O/c26-21-5-1-18(2-6-21)24(19-3-7-22(27)8-4-19)20-9-11-29(12-10-20)13-14-31-25(32)30-15-16-33-17-23(30)28-31;;/h1-8H,9-17H2;1H;1H2. The lowest BCUT2D eigenvalue weighted by molar-refractivity contribution is 0.242. The molecule has 35 heavy (non-hydrogen) atoms. The van der Waals surface area contributed by atoms with Crippen molar-refractivity contribution in [1.82, 2.24) is 19.2 Å². The monoisotopic (exact) mass is 522 g/mol. The van der Waals surface area contributed by atoms with E-state index in [0.29, 0.717) is 6.54 Å². The molecule has 0 bridgehead atoms. The van der Waals surface area contributed by atoms with Gasteiger partial charge in [-0.05, 0) is 53.8 Å². The molecule has 6 nitrogen and oxygen atoms in total. The first-order chi connectivity index (χ1) is 16.1. The van der Waals surface area contributed by atoms with E-state index in [4.69, 9.17) is 0 Å². The van der Waals surface area contributed by atoms with Crippen LogP contribution in [0.5, 0.6) is 0 Å². The summed E-state index contributed by atoms with van der Waals surface area (Å²) in [5, 5.41) is 4.52. The molecule has 10 heteroatoms. The zero-order chi connectivity index (χ0) is 22.8. The van der Waals surface area contributed by atoms with E-state index in [1.54, 1.807) is 33.5 Å². The maximum absolute atomic E-state index is 13.5. The third-order valence-electron chi connectivity index (χ3n) is 6.40. The number of hydrogen-bond donors (Lipinski definition) is 0. The van der Waals surface area contributed by atoms with Crippen molar-refractivity contribution in [3.8, 4) is 0 Å². The van der Waals surface area contributed by atoms with Crippen LogP contribution in [0.1, 0.15) is 29.8 Å². The average Bonchev–Trinajstić information content (AvgIpc) is 3.17. The smallest absolute Gasteiger partial charge is 0.346 e. The summed E-state index contributed by atoms with van der Waals surface area (Å²) in [6, 6.07) is 13.0. The lowest BCUT2D eigenvalue weighted by Crippen LogP contribution is -2.36. The Morgan fingerprint density at radius 1 is 0.886 bits per heavy atom. The molecule has 5 rings (SSSR count). The Kier molecular flexibility index (Phi) is 9.29. The Bertz CT molecular complexity index is 1170. The van der Waals surface area contributed by atoms with Crippen LogP contribution in [0.25, 0.3) is 5.57 Å². The fourth-order valence-corrected chi connectivity index (χ4v) is 5.48. The fraction of sp³-hybridized carbons (Fsp3) is 0.360. The molecule has 0 unspecified atom stereocenters. The highest BCUT2D eigenvalue weighted by Gasteiger charge is 2.21. The van der Waals surface area contributed by atoms with Crippen molar-refractivity contribution in [2.75, 3.05) is 25.4 Å². The van der Waals surface area contributed by atoms with Crippen molar-refractivity contribution in [3.05, 3.63) is 93.2 Å². The Balaban J connectivity index is 0.00000171. The summed E-state index contributed by atoms with van der Waals surface area (Å²) in [5.74, 6) is 2.10. The maximum atomic E-state index is 13.5. The minimum atomic E-state index is -0.271. The van der Waals surface area contributed by atoms with E-state index in [2.05, 4.69) is 10.00 Å². The first kappa shape index (κ1) is 27.1. The third kappa shape index (κ3) is 6.03. The molecule has 2 N–H and O–H groups in total. The largest absolute Gasteiger partial charge is 0.412 e. The number of nitrogens with zero attached hydrogens (tertiary/aromatic N) is 4. The molecule has 1 saturated heterocycles. The van der Waals surface area contributed by atoms with Gasteiger partial charge in [-0.1, -0.05) is 29.8 Å². The third-order valence-corrected chi connectivity index (χ3v) is 7.33. The number of rotatable bonds is 5. The minimum absolute atomic E-state index is 0. The quantitative estimate of drug-likeness (QED) is 0.511. The van der Waals surface area contributed by atoms with E-state index in [-0.39, 0.29) is 35.2 Å². The van der Waals surface area contributed by atoms with E-state index < -0.39 is 0 Å². The van der Waals surface area contributed by atoms with Gasteiger partial charge in [-0.15, -0.1) is 12.4 Å². The van der Waals surface area contributed by atoms with Crippen LogP contribution in [-0.2, 0) is 18.8 Å². The van der Waals surface area contributed by atoms with Crippen LogP contribution in [0.2, 0.25) is 0 Å². The molecule has 0 aliphatic carbocycles. The zero-order valence-corrected chi connectivity index (χ0v) is 20.9. The summed E-state index contributed by atoms with van der Waals surface area (Å²) < 4.78 is 30.4. The van der Waals surface area contributed by atoms with Crippen molar-refractivity contribution in [2.24, 2.45) is 0 Å². The summed E-state index contributed by atoms with van der Waals surface area (Å²) in [6.07, 6.45) is 1.74. The van der Waals surface area contributed by atoms with Crippen LogP contribution in [0.15, 0.2) is 58.9 Å². The predicted octanol–water partition coefficient (Wildman–Crippen LogP) is 3.76. The minimum Gasteiger partial charge on any atom is -0.412 e. The van der Waals surface area contributed by atoms with Crippen molar-refractivity contribution < 1.29 is 14.3 Å². The van der Waals surface area contributed by atoms with Crippen molar-refractivity contribution >= 4 is 29.7 Å². The summed E-state index contributed by atoms with van der Waals surface area (Å²) in [4.78, 5) is 14.9. The number of halogens is 3. The summed E-state index contributed by atoms with van der Waals surface area (Å²) >= 11 is 1.81. The lowest BCUT2D eigenvalue weighted by Gasteiger charge is -2.30. The number of benzene rings is 2. The second-order valence-electron chi connectivity index (χ2n) is 8.46. The van der Waals surface area contributed by atoms with E-state index >= 15 is 0 Å². The van der Waals surface area contributed by atoms with E-state index in [0.717, 1.165) is 73.1 Å². The molecule has 0 atom stereocenters. The second-order valence-corrected chi connectivity index (χ2v) is 9.57. The number of aromatic nitrogens is 3. The van der Waals surface area contributed by atoms with Crippen LogP contribution < -0.4 is 5.69 Å². The predicted molar refractivity (Wildman–Crippen MR) is 138 cm³/mol. The Hall–Kier alpha value is -2.46. The van der Waals surface area contributed by atoms with Gasteiger partial charge in [-0.2, -0.15) is 16.9 Å². The molecule has 0 spiro atoms. The first-order valence-corrected chi connectivity index (χ1v) is 12.4. The van der Waals surface area contributed by atoms with Crippen molar-refractivity contribution in [2.45, 2.75) is 31.7 Å². The molecule has 1 aromatic heterocycles. The highest BCUT2D eigenvalue weighted by atomic mass is 35.5. The lowest BCUT2D eigenvalue weighted by atomic mass is 9.88. The average molecular weight is 523 g/mol. The summed E-state index contributed by atoms with van der Waals surface area (Å²) in [6.45, 7) is 3.86. The number of hydrogen-bond acceptors (Lipinski definition) is 4. The van der Waals surface area contributed by atoms with Crippen LogP contribution in [0.4, 0.5) is 8.78 Å². The topological polar surface area (TPSA) is 74.6 Å². The van der Waals surface area contributed by atoms with Gasteiger partial charge in [0.1, 0.15) is 17.5 Å². The molecular formula is C25H29ClF2N4O2S. The van der Waals surface area contributed by atoms with Crippen LogP contribution in [-0.4, -0.2) is 50.1 Å². The van der Waals surface area contributed by atoms with Crippen molar-refractivity contribution in [3.63, 3.8) is 0 Å². The van der Waals surface area contributed by atoms with Crippen LogP contribution in [0, 0.1) is 11.6 Å². The first-order valence-electron chi connectivity index (χ1n) is 11.3. The molecule has 2 aromatic carbocycles. The number of likely N-dealkylation sites (tertiary alicyclic amines) is 1. The highest BCUT2D eigenvalue weighted by Crippen LogP contribution is 2.32. The normalized spacial score (nSPS) is 15.7. The van der Waals surface area contributed by atoms with Gasteiger partial charge in [0.2, 0.25) is 0 Å². The molecule has 0 radical (unpaired) electrons. The highest BCUT2D eigenvalue weighted by molar-refractivity contribution is 7.98. The molecule has 188 valence electrons.